The fourth-order valence-electron chi connectivity index (χ4n) is 3.45. The zero-order valence-electron chi connectivity index (χ0n) is 20.4. The maximum atomic E-state index is 13.1. The molecule has 36 heavy (non-hydrogen) atoms. The maximum Gasteiger partial charge on any atom is 0.262 e. The van der Waals surface area contributed by atoms with Gasteiger partial charge in [-0.05, 0) is 42.0 Å². The summed E-state index contributed by atoms with van der Waals surface area (Å²) in [6, 6.07) is 10.0. The number of anilines is 1. The van der Waals surface area contributed by atoms with E-state index in [1.54, 1.807) is 24.3 Å². The average molecular weight is 518 g/mol. The van der Waals surface area contributed by atoms with Gasteiger partial charge in [0.1, 0.15) is 5.69 Å². The second-order valence-electron chi connectivity index (χ2n) is 7.31. The molecule has 0 spiro atoms. The van der Waals surface area contributed by atoms with E-state index in [4.69, 9.17) is 23.7 Å². The molecule has 0 aliphatic heterocycles. The van der Waals surface area contributed by atoms with Crippen molar-refractivity contribution in [3.63, 3.8) is 0 Å². The monoisotopic (exact) mass is 517 g/mol. The lowest BCUT2D eigenvalue weighted by Gasteiger charge is -2.16. The van der Waals surface area contributed by atoms with Crippen LogP contribution in [0.1, 0.15) is 11.1 Å². The van der Waals surface area contributed by atoms with Gasteiger partial charge in [0.15, 0.2) is 34.5 Å². The zero-order chi connectivity index (χ0) is 26.5. The molecule has 0 bridgehead atoms. The molecule has 0 aromatic heterocycles. The van der Waals surface area contributed by atoms with Gasteiger partial charge in [-0.1, -0.05) is 12.2 Å². The minimum atomic E-state index is -4.19. The quantitative estimate of drug-likeness (QED) is 0.340. The molecule has 0 radical (unpaired) electrons. The Hall–Kier alpha value is -4.25. The van der Waals surface area contributed by atoms with E-state index in [0.717, 1.165) is 6.07 Å². The van der Waals surface area contributed by atoms with Crippen LogP contribution in [0.15, 0.2) is 47.4 Å². The standard InChI is InChI=1S/C25H27NO9S/c1-31-20-11-9-17(14-19(20)28)36(29,30)26-23-16(8-10-18(27)24(23)34-4)7-6-15-12-21(32-2)25(35-5)22(13-15)33-3/h6-14,26-28H,1-5H3/b7-6-. The molecule has 0 saturated carbocycles. The molecule has 10 nitrogen and oxygen atoms in total. The van der Waals surface area contributed by atoms with Crippen molar-refractivity contribution in [1.29, 1.82) is 0 Å². The van der Waals surface area contributed by atoms with Crippen LogP contribution in [0.2, 0.25) is 0 Å². The summed E-state index contributed by atoms with van der Waals surface area (Å²) in [6.45, 7) is 0. The summed E-state index contributed by atoms with van der Waals surface area (Å²) in [4.78, 5) is -0.217. The normalized spacial score (nSPS) is 11.2. The molecular formula is C25H27NO9S. The number of hydrogen-bond donors (Lipinski definition) is 3. The van der Waals surface area contributed by atoms with Crippen molar-refractivity contribution in [1.82, 2.24) is 0 Å². The van der Waals surface area contributed by atoms with E-state index in [1.165, 1.54) is 59.8 Å². The summed E-state index contributed by atoms with van der Waals surface area (Å²) < 4.78 is 55.0. The Kier molecular flexibility index (Phi) is 8.05. The third-order valence-electron chi connectivity index (χ3n) is 5.21. The van der Waals surface area contributed by atoms with Crippen molar-refractivity contribution in [3.05, 3.63) is 53.6 Å². The van der Waals surface area contributed by atoms with Crippen molar-refractivity contribution in [2.75, 3.05) is 40.3 Å². The van der Waals surface area contributed by atoms with Gasteiger partial charge >= 0.3 is 0 Å². The molecule has 11 heteroatoms. The lowest BCUT2D eigenvalue weighted by atomic mass is 10.1. The van der Waals surface area contributed by atoms with E-state index in [-0.39, 0.29) is 33.6 Å². The Bertz CT molecular complexity index is 1360. The number of phenols is 2. The highest BCUT2D eigenvalue weighted by Gasteiger charge is 2.22. The van der Waals surface area contributed by atoms with Gasteiger partial charge < -0.3 is 33.9 Å². The number of sulfonamides is 1. The van der Waals surface area contributed by atoms with Crippen LogP contribution < -0.4 is 28.4 Å². The molecule has 0 saturated heterocycles. The molecule has 3 N–H and O–H groups in total. The topological polar surface area (TPSA) is 133 Å². The second-order valence-corrected chi connectivity index (χ2v) is 9.00. The number of nitrogens with one attached hydrogen (secondary N) is 1. The van der Waals surface area contributed by atoms with E-state index < -0.39 is 10.0 Å². The van der Waals surface area contributed by atoms with Gasteiger partial charge in [-0.3, -0.25) is 4.72 Å². The molecule has 0 amide bonds. The minimum Gasteiger partial charge on any atom is -0.504 e. The van der Waals surface area contributed by atoms with Crippen LogP contribution in [0, 0.1) is 0 Å². The fourth-order valence-corrected chi connectivity index (χ4v) is 4.56. The van der Waals surface area contributed by atoms with E-state index in [0.29, 0.717) is 28.4 Å². The van der Waals surface area contributed by atoms with Crippen LogP contribution >= 0.6 is 0 Å². The summed E-state index contributed by atoms with van der Waals surface area (Å²) in [5, 5.41) is 20.3. The smallest absolute Gasteiger partial charge is 0.262 e. The maximum absolute atomic E-state index is 13.1. The van der Waals surface area contributed by atoms with E-state index in [2.05, 4.69) is 4.72 Å². The van der Waals surface area contributed by atoms with Gasteiger partial charge in [0.2, 0.25) is 5.75 Å². The van der Waals surface area contributed by atoms with Crippen molar-refractivity contribution in [2.45, 2.75) is 4.90 Å². The van der Waals surface area contributed by atoms with E-state index in [1.807, 2.05) is 0 Å². The predicted octanol–water partition coefficient (Wildman–Crippen LogP) is 4.11. The summed E-state index contributed by atoms with van der Waals surface area (Å²) in [5.74, 6) is 0.754. The van der Waals surface area contributed by atoms with Crippen molar-refractivity contribution in [3.8, 4) is 40.2 Å². The van der Waals surface area contributed by atoms with Gasteiger partial charge in [0.25, 0.3) is 10.0 Å². The molecule has 0 aliphatic rings. The van der Waals surface area contributed by atoms with E-state index >= 15 is 0 Å². The Labute approximate surface area is 209 Å². The number of benzene rings is 3. The van der Waals surface area contributed by atoms with Crippen molar-refractivity contribution >= 4 is 27.9 Å². The first-order valence-electron chi connectivity index (χ1n) is 10.5. The number of phenolic OH excluding ortho intramolecular Hbond substituents is 2. The molecule has 0 fully saturated rings. The number of methoxy groups -OCH3 is 5. The van der Waals surface area contributed by atoms with E-state index in [9.17, 15) is 18.6 Å². The molecule has 192 valence electrons. The first kappa shape index (κ1) is 26.4. The Morgan fingerprint density at radius 1 is 0.694 bits per heavy atom. The fraction of sp³-hybridized carbons (Fsp3) is 0.200. The predicted molar refractivity (Wildman–Crippen MR) is 135 cm³/mol. The molecule has 0 unspecified atom stereocenters. The average Bonchev–Trinajstić information content (AvgIpc) is 2.87. The summed E-state index contributed by atoms with van der Waals surface area (Å²) in [7, 11) is 2.96. The first-order valence-corrected chi connectivity index (χ1v) is 11.9. The Morgan fingerprint density at radius 2 is 1.31 bits per heavy atom. The number of ether oxygens (including phenoxy) is 5. The van der Waals surface area contributed by atoms with Crippen LogP contribution in [0.4, 0.5) is 5.69 Å². The Morgan fingerprint density at radius 3 is 1.83 bits per heavy atom. The van der Waals surface area contributed by atoms with Gasteiger partial charge in [-0.25, -0.2) is 8.42 Å². The highest BCUT2D eigenvalue weighted by molar-refractivity contribution is 7.92. The first-order chi connectivity index (χ1) is 17.2. The minimum absolute atomic E-state index is 0.00324. The number of rotatable bonds is 10. The third kappa shape index (κ3) is 5.36. The lowest BCUT2D eigenvalue weighted by Crippen LogP contribution is -2.14. The third-order valence-corrected chi connectivity index (χ3v) is 6.56. The summed E-state index contributed by atoms with van der Waals surface area (Å²) in [5.41, 5.74) is 1.06. The Balaban J connectivity index is 2.07. The number of hydrogen-bond acceptors (Lipinski definition) is 9. The highest BCUT2D eigenvalue weighted by Crippen LogP contribution is 2.41. The van der Waals surface area contributed by atoms with Gasteiger partial charge in [-0.2, -0.15) is 0 Å². The zero-order valence-corrected chi connectivity index (χ0v) is 21.2. The summed E-state index contributed by atoms with van der Waals surface area (Å²) in [6.07, 6.45) is 3.33. The van der Waals surface area contributed by atoms with Crippen molar-refractivity contribution in [2.24, 2.45) is 0 Å². The molecule has 3 aromatic carbocycles. The molecule has 0 heterocycles. The SMILES string of the molecule is COc1ccc(S(=O)(=O)Nc2c(/C=C\c3cc(OC)c(OC)c(OC)c3)ccc(O)c2OC)cc1O. The molecule has 0 aliphatic carbocycles. The second kappa shape index (κ2) is 11.0. The number of aromatic hydroxyl groups is 2. The molecule has 0 atom stereocenters. The van der Waals surface area contributed by atoms with Crippen LogP contribution in [0.25, 0.3) is 12.2 Å². The van der Waals surface area contributed by atoms with Gasteiger partial charge in [0, 0.05) is 11.6 Å². The van der Waals surface area contributed by atoms with Crippen molar-refractivity contribution < 1.29 is 42.3 Å². The lowest BCUT2D eigenvalue weighted by molar-refractivity contribution is 0.324. The molecule has 3 rings (SSSR count). The summed E-state index contributed by atoms with van der Waals surface area (Å²) >= 11 is 0. The molecular weight excluding hydrogens is 490 g/mol. The van der Waals surface area contributed by atoms with Gasteiger partial charge in [0.05, 0.1) is 40.4 Å². The van der Waals surface area contributed by atoms with Crippen LogP contribution in [0.5, 0.6) is 40.2 Å². The van der Waals surface area contributed by atoms with Crippen LogP contribution in [0.3, 0.4) is 0 Å². The van der Waals surface area contributed by atoms with Crippen LogP contribution in [-0.4, -0.2) is 54.2 Å². The molecule has 3 aromatic rings. The van der Waals surface area contributed by atoms with Crippen LogP contribution in [-0.2, 0) is 10.0 Å². The largest absolute Gasteiger partial charge is 0.504 e. The highest BCUT2D eigenvalue weighted by atomic mass is 32.2. The van der Waals surface area contributed by atoms with Gasteiger partial charge in [-0.15, -0.1) is 0 Å².